The first kappa shape index (κ1) is 13.5. The number of hydrogen-bond acceptors (Lipinski definition) is 5. The fourth-order valence-electron chi connectivity index (χ4n) is 2.51. The van der Waals surface area contributed by atoms with Crippen LogP contribution in [-0.2, 0) is 13.0 Å². The van der Waals surface area contributed by atoms with Gasteiger partial charge in [0.2, 0.25) is 5.88 Å². The maximum Gasteiger partial charge on any atom is 0.272 e. The Kier molecular flexibility index (Phi) is 3.55. The van der Waals surface area contributed by atoms with Crippen molar-refractivity contribution in [1.82, 2.24) is 25.1 Å². The van der Waals surface area contributed by atoms with Crippen LogP contribution in [0.25, 0.3) is 0 Å². The molecule has 21 heavy (non-hydrogen) atoms. The Morgan fingerprint density at radius 1 is 1.43 bits per heavy atom. The number of aryl methyl sites for hydroxylation is 2. The lowest BCUT2D eigenvalue weighted by atomic mass is 10.1. The molecule has 7 heteroatoms. The largest absolute Gasteiger partial charge is 0.480 e. The normalized spacial score (nSPS) is 17.1. The van der Waals surface area contributed by atoms with Gasteiger partial charge in [-0.25, -0.2) is 4.98 Å². The van der Waals surface area contributed by atoms with E-state index in [-0.39, 0.29) is 11.9 Å². The van der Waals surface area contributed by atoms with Gasteiger partial charge in [-0.15, -0.1) is 10.2 Å². The van der Waals surface area contributed by atoms with E-state index < -0.39 is 0 Å². The summed E-state index contributed by atoms with van der Waals surface area (Å²) in [6.07, 6.45) is 3.76. The zero-order valence-corrected chi connectivity index (χ0v) is 12.0. The zero-order valence-electron chi connectivity index (χ0n) is 12.0. The van der Waals surface area contributed by atoms with Crippen LogP contribution >= 0.6 is 0 Å². The van der Waals surface area contributed by atoms with E-state index in [1.807, 2.05) is 13.1 Å². The van der Waals surface area contributed by atoms with Crippen LogP contribution in [0.1, 0.15) is 28.4 Å². The van der Waals surface area contributed by atoms with E-state index >= 15 is 0 Å². The smallest absolute Gasteiger partial charge is 0.272 e. The van der Waals surface area contributed by atoms with Gasteiger partial charge in [0.25, 0.3) is 5.91 Å². The molecule has 0 bridgehead atoms. The molecule has 0 aromatic carbocycles. The summed E-state index contributed by atoms with van der Waals surface area (Å²) in [6.45, 7) is 2.72. The molecule has 0 saturated heterocycles. The Balaban J connectivity index is 1.65. The van der Waals surface area contributed by atoms with E-state index in [2.05, 4.69) is 25.1 Å². The number of aromatic nitrogens is 4. The van der Waals surface area contributed by atoms with Crippen LogP contribution in [0.4, 0.5) is 0 Å². The summed E-state index contributed by atoms with van der Waals surface area (Å²) >= 11 is 0. The van der Waals surface area contributed by atoms with E-state index in [0.717, 1.165) is 30.9 Å². The van der Waals surface area contributed by atoms with Gasteiger partial charge in [0.05, 0.1) is 12.8 Å². The van der Waals surface area contributed by atoms with Gasteiger partial charge in [0, 0.05) is 31.3 Å². The molecule has 7 nitrogen and oxygen atoms in total. The minimum Gasteiger partial charge on any atom is -0.480 e. The fraction of sp³-hybridized carbons (Fsp3) is 0.429. The van der Waals surface area contributed by atoms with Crippen molar-refractivity contribution >= 4 is 5.91 Å². The highest BCUT2D eigenvalue weighted by atomic mass is 16.5. The molecule has 3 heterocycles. The van der Waals surface area contributed by atoms with Crippen molar-refractivity contribution < 1.29 is 9.53 Å². The molecule has 110 valence electrons. The monoisotopic (exact) mass is 287 g/mol. The third kappa shape index (κ3) is 2.86. The maximum atomic E-state index is 12.2. The molecule has 3 rings (SSSR count). The van der Waals surface area contributed by atoms with Crippen molar-refractivity contribution in [2.45, 2.75) is 32.4 Å². The van der Waals surface area contributed by atoms with Crippen molar-refractivity contribution in [3.63, 3.8) is 0 Å². The summed E-state index contributed by atoms with van der Waals surface area (Å²) in [7, 11) is 1.51. The third-order valence-corrected chi connectivity index (χ3v) is 3.53. The zero-order chi connectivity index (χ0) is 14.8. The number of hydrogen-bond donors (Lipinski definition) is 1. The van der Waals surface area contributed by atoms with E-state index in [9.17, 15) is 4.79 Å². The van der Waals surface area contributed by atoms with Crippen LogP contribution in [0.2, 0.25) is 0 Å². The maximum absolute atomic E-state index is 12.2. The second kappa shape index (κ2) is 5.51. The highest BCUT2D eigenvalue weighted by molar-refractivity contribution is 5.92. The van der Waals surface area contributed by atoms with Crippen molar-refractivity contribution in [3.05, 3.63) is 35.5 Å². The molecule has 2 aromatic heterocycles. The molecule has 1 aliphatic heterocycles. The van der Waals surface area contributed by atoms with E-state index in [1.165, 1.54) is 7.11 Å². The molecule has 0 radical (unpaired) electrons. The van der Waals surface area contributed by atoms with Crippen molar-refractivity contribution in [2.75, 3.05) is 7.11 Å². The quantitative estimate of drug-likeness (QED) is 0.900. The standard InChI is InChI=1S/C14H17N5O2/c1-9-7-19-8-10(3-5-12(19)15-9)16-14(20)11-4-6-13(21-2)18-17-11/h4,6-7,10H,3,5,8H2,1-2H3,(H,16,20)/t10-/m1/s1. The van der Waals surface area contributed by atoms with Crippen molar-refractivity contribution in [1.29, 1.82) is 0 Å². The SMILES string of the molecule is COc1ccc(C(=O)N[C@@H]2CCc3nc(C)cn3C2)nn1. The van der Waals surface area contributed by atoms with Gasteiger partial charge in [-0.05, 0) is 19.4 Å². The molecule has 0 fully saturated rings. The molecular formula is C14H17N5O2. The van der Waals surface area contributed by atoms with Gasteiger partial charge in [0.1, 0.15) is 5.82 Å². The van der Waals surface area contributed by atoms with Gasteiger partial charge in [0.15, 0.2) is 5.69 Å². The van der Waals surface area contributed by atoms with Gasteiger partial charge in [-0.2, -0.15) is 0 Å². The van der Waals surface area contributed by atoms with Crippen LogP contribution < -0.4 is 10.1 Å². The Morgan fingerprint density at radius 2 is 2.29 bits per heavy atom. The summed E-state index contributed by atoms with van der Waals surface area (Å²) in [4.78, 5) is 16.6. The number of fused-ring (bicyclic) bond motifs is 1. The Labute approximate surface area is 122 Å². The third-order valence-electron chi connectivity index (χ3n) is 3.53. The first-order chi connectivity index (χ1) is 10.2. The number of carbonyl (C=O) groups excluding carboxylic acids is 1. The van der Waals surface area contributed by atoms with Crippen LogP contribution in [0.3, 0.4) is 0 Å². The lowest BCUT2D eigenvalue weighted by Gasteiger charge is -2.24. The van der Waals surface area contributed by atoms with Gasteiger partial charge in [-0.1, -0.05) is 0 Å². The molecule has 1 atom stereocenters. The summed E-state index contributed by atoms with van der Waals surface area (Å²) < 4.78 is 7.03. The number of ether oxygens (including phenoxy) is 1. The van der Waals surface area contributed by atoms with Crippen molar-refractivity contribution in [3.8, 4) is 5.88 Å². The molecule has 1 amide bonds. The van der Waals surface area contributed by atoms with E-state index in [1.54, 1.807) is 12.1 Å². The highest BCUT2D eigenvalue weighted by Gasteiger charge is 2.22. The summed E-state index contributed by atoms with van der Waals surface area (Å²) in [5.74, 6) is 1.26. The number of nitrogens with one attached hydrogen (secondary N) is 1. The fourth-order valence-corrected chi connectivity index (χ4v) is 2.51. The Hall–Kier alpha value is -2.44. The lowest BCUT2D eigenvalue weighted by Crippen LogP contribution is -2.41. The number of methoxy groups -OCH3 is 1. The second-order valence-corrected chi connectivity index (χ2v) is 5.12. The minimum absolute atomic E-state index is 0.0856. The average Bonchev–Trinajstić information content (AvgIpc) is 2.86. The molecule has 0 saturated carbocycles. The van der Waals surface area contributed by atoms with E-state index in [4.69, 9.17) is 4.74 Å². The van der Waals surface area contributed by atoms with Gasteiger partial charge < -0.3 is 14.6 Å². The Bertz CT molecular complexity index is 650. The molecular weight excluding hydrogens is 270 g/mol. The number of carbonyl (C=O) groups is 1. The summed E-state index contributed by atoms with van der Waals surface area (Å²) in [5, 5.41) is 10.7. The summed E-state index contributed by atoms with van der Waals surface area (Å²) in [6, 6.07) is 3.32. The molecule has 0 unspecified atom stereocenters. The first-order valence-corrected chi connectivity index (χ1v) is 6.87. The average molecular weight is 287 g/mol. The molecule has 0 spiro atoms. The number of nitrogens with zero attached hydrogens (tertiary/aromatic N) is 4. The first-order valence-electron chi connectivity index (χ1n) is 6.87. The molecule has 0 aliphatic carbocycles. The molecule has 1 aliphatic rings. The molecule has 1 N–H and O–H groups in total. The number of amides is 1. The second-order valence-electron chi connectivity index (χ2n) is 5.12. The topological polar surface area (TPSA) is 81.9 Å². The van der Waals surface area contributed by atoms with Crippen LogP contribution in [0, 0.1) is 6.92 Å². The van der Waals surface area contributed by atoms with Crippen LogP contribution in [0.15, 0.2) is 18.3 Å². The van der Waals surface area contributed by atoms with Gasteiger partial charge in [-0.3, -0.25) is 4.79 Å². The van der Waals surface area contributed by atoms with Crippen LogP contribution in [-0.4, -0.2) is 38.8 Å². The molecule has 2 aromatic rings. The van der Waals surface area contributed by atoms with Gasteiger partial charge >= 0.3 is 0 Å². The number of imidazole rings is 1. The highest BCUT2D eigenvalue weighted by Crippen LogP contribution is 2.15. The van der Waals surface area contributed by atoms with Crippen molar-refractivity contribution in [2.24, 2.45) is 0 Å². The van der Waals surface area contributed by atoms with Crippen LogP contribution in [0.5, 0.6) is 5.88 Å². The predicted molar refractivity (Wildman–Crippen MR) is 75.1 cm³/mol. The summed E-state index contributed by atoms with van der Waals surface area (Å²) in [5.41, 5.74) is 1.31. The number of rotatable bonds is 3. The predicted octanol–water partition coefficient (Wildman–Crippen LogP) is 0.735. The minimum atomic E-state index is -0.213. The Morgan fingerprint density at radius 3 is 3.00 bits per heavy atom. The van der Waals surface area contributed by atoms with E-state index in [0.29, 0.717) is 11.6 Å². The lowest BCUT2D eigenvalue weighted by molar-refractivity contribution is 0.0921.